The lowest BCUT2D eigenvalue weighted by Crippen LogP contribution is -1.68. The number of phenolic OH excluding ortho intramolecular Hbond substituents is 1. The minimum atomic E-state index is -0.406. The molecule has 1 nitrogen and oxygen atoms in total. The highest BCUT2D eigenvalue weighted by molar-refractivity contribution is 7.22. The molecule has 0 fully saturated rings. The van der Waals surface area contributed by atoms with Crippen LogP contribution in [-0.2, 0) is 0 Å². The molecule has 0 bridgehead atoms. The number of thiophene rings is 1. The van der Waals surface area contributed by atoms with Gasteiger partial charge in [0.25, 0.3) is 0 Å². The van der Waals surface area contributed by atoms with E-state index in [1.807, 2.05) is 0 Å². The molecule has 62 valence electrons. The molecule has 0 radical (unpaired) electrons. The Morgan fingerprint density at radius 1 is 1.42 bits per heavy atom. The van der Waals surface area contributed by atoms with E-state index >= 15 is 0 Å². The van der Waals surface area contributed by atoms with Crippen molar-refractivity contribution < 1.29 is 9.50 Å². The lowest BCUT2D eigenvalue weighted by atomic mass is 10.2. The third kappa shape index (κ3) is 1.06. The predicted octanol–water partition coefficient (Wildman–Crippen LogP) is 3.40. The van der Waals surface area contributed by atoms with Gasteiger partial charge in [-0.3, -0.25) is 0 Å². The molecule has 2 aromatic rings. The maximum atomic E-state index is 13.1. The predicted molar refractivity (Wildman–Crippen MR) is 48.5 cm³/mol. The molecule has 0 aliphatic carbocycles. The van der Waals surface area contributed by atoms with Crippen LogP contribution in [0.15, 0.2) is 18.2 Å². The quantitative estimate of drug-likeness (QED) is 0.694. The van der Waals surface area contributed by atoms with Crippen LogP contribution in [0.2, 0.25) is 4.34 Å². The van der Waals surface area contributed by atoms with Crippen molar-refractivity contribution in [3.05, 3.63) is 28.4 Å². The van der Waals surface area contributed by atoms with Crippen molar-refractivity contribution in [2.75, 3.05) is 0 Å². The summed E-state index contributed by atoms with van der Waals surface area (Å²) in [5.41, 5.74) is 0. The van der Waals surface area contributed by atoms with Crippen LogP contribution in [0.1, 0.15) is 0 Å². The maximum absolute atomic E-state index is 13.1. The number of rotatable bonds is 0. The first kappa shape index (κ1) is 7.83. The number of benzene rings is 1. The second-order valence-corrected chi connectivity index (χ2v) is 4.02. The van der Waals surface area contributed by atoms with E-state index in [0.717, 1.165) is 11.3 Å². The van der Waals surface area contributed by atoms with Crippen molar-refractivity contribution in [2.24, 2.45) is 0 Å². The molecule has 0 saturated heterocycles. The van der Waals surface area contributed by atoms with Crippen molar-refractivity contribution in [2.45, 2.75) is 0 Å². The molecule has 1 aromatic heterocycles. The average Bonchev–Trinajstić information content (AvgIpc) is 2.28. The second kappa shape index (κ2) is 2.61. The summed E-state index contributed by atoms with van der Waals surface area (Å²) in [6, 6.07) is 4.45. The van der Waals surface area contributed by atoms with Gasteiger partial charge in [-0.15, -0.1) is 11.3 Å². The summed E-state index contributed by atoms with van der Waals surface area (Å²) in [6.45, 7) is 0. The average molecular weight is 203 g/mol. The van der Waals surface area contributed by atoms with E-state index in [2.05, 4.69) is 0 Å². The highest BCUT2D eigenvalue weighted by atomic mass is 35.5. The normalized spacial score (nSPS) is 10.8. The Balaban J connectivity index is 2.87. The molecule has 1 heterocycles. The molecule has 2 rings (SSSR count). The van der Waals surface area contributed by atoms with E-state index in [-0.39, 0.29) is 10.1 Å². The first-order valence-corrected chi connectivity index (χ1v) is 4.44. The number of halogens is 2. The van der Waals surface area contributed by atoms with Crippen LogP contribution in [0.3, 0.4) is 0 Å². The Morgan fingerprint density at radius 3 is 2.92 bits per heavy atom. The van der Waals surface area contributed by atoms with Crippen LogP contribution in [0.5, 0.6) is 5.75 Å². The Bertz CT molecular complexity index is 438. The maximum Gasteiger partial charge on any atom is 0.160 e. The van der Waals surface area contributed by atoms with Crippen molar-refractivity contribution in [1.82, 2.24) is 0 Å². The van der Waals surface area contributed by atoms with Crippen molar-refractivity contribution in [3.8, 4) is 5.75 Å². The second-order valence-electron chi connectivity index (χ2n) is 2.37. The van der Waals surface area contributed by atoms with Crippen LogP contribution in [0.25, 0.3) is 10.1 Å². The lowest BCUT2D eigenvalue weighted by molar-refractivity contribution is 0.476. The fourth-order valence-electron chi connectivity index (χ4n) is 1.02. The smallest absolute Gasteiger partial charge is 0.160 e. The summed E-state index contributed by atoms with van der Waals surface area (Å²) in [5, 5.41) is 9.53. The van der Waals surface area contributed by atoms with Gasteiger partial charge in [0.2, 0.25) is 0 Å². The summed E-state index contributed by atoms with van der Waals surface area (Å²) < 4.78 is 13.9. The van der Waals surface area contributed by atoms with Gasteiger partial charge in [-0.05, 0) is 18.2 Å². The molecule has 12 heavy (non-hydrogen) atoms. The largest absolute Gasteiger partial charge is 0.508 e. The zero-order valence-corrected chi connectivity index (χ0v) is 7.42. The van der Waals surface area contributed by atoms with Crippen molar-refractivity contribution in [3.63, 3.8) is 0 Å². The van der Waals surface area contributed by atoms with E-state index < -0.39 is 5.82 Å². The third-order valence-corrected chi connectivity index (χ3v) is 2.89. The Labute approximate surface area is 77.0 Å². The van der Waals surface area contributed by atoms with Crippen LogP contribution >= 0.6 is 22.9 Å². The van der Waals surface area contributed by atoms with Crippen molar-refractivity contribution in [1.29, 1.82) is 0 Å². The molecule has 1 aromatic carbocycles. The minimum absolute atomic E-state index is 0.125. The first-order chi connectivity index (χ1) is 5.68. The van der Waals surface area contributed by atoms with Crippen LogP contribution in [-0.4, -0.2) is 5.11 Å². The highest BCUT2D eigenvalue weighted by Gasteiger charge is 2.09. The fraction of sp³-hybridized carbons (Fsp3) is 0. The molecule has 1 N–H and O–H groups in total. The van der Waals surface area contributed by atoms with E-state index in [4.69, 9.17) is 16.7 Å². The number of phenols is 1. The van der Waals surface area contributed by atoms with Gasteiger partial charge in [0.1, 0.15) is 10.1 Å². The standard InChI is InChI=1S/C8H4ClFOS/c9-8-7(10)5-2-1-4(11)3-6(5)12-8/h1-3,11H. The van der Waals surface area contributed by atoms with E-state index in [9.17, 15) is 4.39 Å². The first-order valence-electron chi connectivity index (χ1n) is 3.25. The summed E-state index contributed by atoms with van der Waals surface area (Å²) in [6.07, 6.45) is 0. The fourth-order valence-corrected chi connectivity index (χ4v) is 2.22. The summed E-state index contributed by atoms with van der Waals surface area (Å²) >= 11 is 6.69. The van der Waals surface area contributed by atoms with E-state index in [1.54, 1.807) is 0 Å². The molecule has 4 heteroatoms. The summed E-state index contributed by atoms with van der Waals surface area (Å²) in [5.74, 6) is -0.280. The number of hydrogen-bond acceptors (Lipinski definition) is 2. The molecule has 0 unspecified atom stereocenters. The lowest BCUT2D eigenvalue weighted by Gasteiger charge is -1.90. The van der Waals surface area contributed by atoms with Gasteiger partial charge in [-0.1, -0.05) is 11.6 Å². The van der Waals surface area contributed by atoms with Gasteiger partial charge >= 0.3 is 0 Å². The number of fused-ring (bicyclic) bond motifs is 1. The Hall–Kier alpha value is -0.800. The Morgan fingerprint density at radius 2 is 2.17 bits per heavy atom. The van der Waals surface area contributed by atoms with Gasteiger partial charge in [0, 0.05) is 10.1 Å². The van der Waals surface area contributed by atoms with Crippen LogP contribution in [0, 0.1) is 5.82 Å². The molecule has 0 aliphatic rings. The van der Waals surface area contributed by atoms with E-state index in [1.165, 1.54) is 18.2 Å². The molecule has 0 spiro atoms. The van der Waals surface area contributed by atoms with Gasteiger partial charge in [-0.2, -0.15) is 0 Å². The van der Waals surface area contributed by atoms with Crippen LogP contribution < -0.4 is 0 Å². The Kier molecular flexibility index (Phi) is 1.70. The van der Waals surface area contributed by atoms with Gasteiger partial charge < -0.3 is 5.11 Å². The van der Waals surface area contributed by atoms with Gasteiger partial charge in [0.05, 0.1) is 0 Å². The van der Waals surface area contributed by atoms with Crippen molar-refractivity contribution >= 4 is 33.0 Å². The molecule has 0 aliphatic heterocycles. The van der Waals surface area contributed by atoms with Gasteiger partial charge in [0.15, 0.2) is 5.82 Å². The summed E-state index contributed by atoms with van der Waals surface area (Å²) in [7, 11) is 0. The molecule has 0 amide bonds. The molecule has 0 saturated carbocycles. The topological polar surface area (TPSA) is 20.2 Å². The zero-order chi connectivity index (χ0) is 8.72. The number of hydrogen-bond donors (Lipinski definition) is 1. The summed E-state index contributed by atoms with van der Waals surface area (Å²) in [4.78, 5) is 0. The minimum Gasteiger partial charge on any atom is -0.508 e. The zero-order valence-electron chi connectivity index (χ0n) is 5.84. The molecule has 0 atom stereocenters. The van der Waals surface area contributed by atoms with E-state index in [0.29, 0.717) is 10.1 Å². The highest BCUT2D eigenvalue weighted by Crippen LogP contribution is 2.35. The monoisotopic (exact) mass is 202 g/mol. The number of aromatic hydroxyl groups is 1. The molecular weight excluding hydrogens is 199 g/mol. The molecular formula is C8H4ClFOS. The van der Waals surface area contributed by atoms with Gasteiger partial charge in [-0.25, -0.2) is 4.39 Å². The third-order valence-electron chi connectivity index (χ3n) is 1.57. The SMILES string of the molecule is Oc1ccc2c(F)c(Cl)sc2c1. The van der Waals surface area contributed by atoms with Crippen LogP contribution in [0.4, 0.5) is 4.39 Å².